The zero-order valence-electron chi connectivity index (χ0n) is 18.1. The molecule has 0 atom stereocenters. The summed E-state index contributed by atoms with van der Waals surface area (Å²) in [5.74, 6) is 2.30. The van der Waals surface area contributed by atoms with Crippen LogP contribution in [0.3, 0.4) is 0 Å². The third kappa shape index (κ3) is 3.64. The highest BCUT2D eigenvalue weighted by Crippen LogP contribution is 2.35. The van der Waals surface area contributed by atoms with Gasteiger partial charge in [-0.15, -0.1) is 5.10 Å². The average molecular weight is 437 g/mol. The normalized spacial score (nSPS) is 19.0. The first-order valence-corrected chi connectivity index (χ1v) is 11.7. The molecule has 2 aromatic heterocycles. The molecule has 32 heavy (non-hydrogen) atoms. The summed E-state index contributed by atoms with van der Waals surface area (Å²) in [7, 11) is 0. The summed E-state index contributed by atoms with van der Waals surface area (Å²) in [4.78, 5) is 18.4. The molecule has 3 aromatic rings. The molecule has 1 aliphatic heterocycles. The molecule has 0 radical (unpaired) electrons. The topological polar surface area (TPSA) is 98.2 Å². The van der Waals surface area contributed by atoms with Crippen molar-refractivity contribution in [1.82, 2.24) is 30.1 Å². The summed E-state index contributed by atoms with van der Waals surface area (Å²) < 4.78 is 13.0. The fourth-order valence-electron chi connectivity index (χ4n) is 5.49. The number of nitrogens with zero attached hydrogens (tertiary/aromatic N) is 5. The zero-order chi connectivity index (χ0) is 21.5. The van der Waals surface area contributed by atoms with Crippen molar-refractivity contribution in [3.63, 3.8) is 0 Å². The van der Waals surface area contributed by atoms with Gasteiger partial charge in [0.1, 0.15) is 0 Å². The van der Waals surface area contributed by atoms with E-state index in [9.17, 15) is 4.79 Å². The van der Waals surface area contributed by atoms with Gasteiger partial charge < -0.3 is 14.5 Å². The number of ether oxygens (including phenoxy) is 2. The van der Waals surface area contributed by atoms with Gasteiger partial charge in [-0.3, -0.25) is 9.69 Å². The van der Waals surface area contributed by atoms with Crippen molar-refractivity contribution in [2.75, 3.05) is 6.79 Å². The van der Waals surface area contributed by atoms with Crippen LogP contribution in [0.5, 0.6) is 11.5 Å². The third-order valence-electron chi connectivity index (χ3n) is 7.20. The van der Waals surface area contributed by atoms with Gasteiger partial charge in [0, 0.05) is 29.6 Å². The first-order valence-electron chi connectivity index (χ1n) is 11.7. The molecule has 0 spiro atoms. The molecule has 0 amide bonds. The Morgan fingerprint density at radius 1 is 1.00 bits per heavy atom. The van der Waals surface area contributed by atoms with E-state index in [2.05, 4.69) is 25.4 Å². The Hall–Kier alpha value is -2.94. The number of tetrazole rings is 1. The van der Waals surface area contributed by atoms with Crippen LogP contribution in [0.25, 0.3) is 10.9 Å². The minimum absolute atomic E-state index is 0.0604. The lowest BCUT2D eigenvalue weighted by Gasteiger charge is -2.28. The quantitative estimate of drug-likeness (QED) is 0.633. The number of pyridine rings is 1. The van der Waals surface area contributed by atoms with E-state index in [4.69, 9.17) is 9.47 Å². The SMILES string of the molecule is O=c1[nH]c2cc3c(cc2cc1CN(Cc1nnnn1C1CCCC1)C1CCCC1)OCO3. The second-order valence-electron chi connectivity index (χ2n) is 9.24. The van der Waals surface area contributed by atoms with Gasteiger partial charge in [-0.25, -0.2) is 4.68 Å². The first-order chi connectivity index (χ1) is 15.7. The molecule has 0 bridgehead atoms. The molecule has 9 heteroatoms. The van der Waals surface area contributed by atoms with E-state index >= 15 is 0 Å². The van der Waals surface area contributed by atoms with Gasteiger partial charge in [0.05, 0.1) is 18.1 Å². The molecule has 1 aromatic carbocycles. The van der Waals surface area contributed by atoms with Crippen LogP contribution in [0.1, 0.15) is 68.8 Å². The Labute approximate surface area is 185 Å². The van der Waals surface area contributed by atoms with Gasteiger partial charge in [-0.2, -0.15) is 0 Å². The van der Waals surface area contributed by atoms with Crippen molar-refractivity contribution in [2.24, 2.45) is 0 Å². The standard InChI is InChI=1S/C23H28N6O3/c30-23-16(9-15-10-20-21(32-14-31-20)11-19(15)24-23)12-28(17-5-1-2-6-17)13-22-25-26-27-29(22)18-7-3-4-8-18/h9-11,17-18H,1-8,12-14H2,(H,24,30). The smallest absolute Gasteiger partial charge is 0.252 e. The highest BCUT2D eigenvalue weighted by molar-refractivity contribution is 5.83. The summed E-state index contributed by atoms with van der Waals surface area (Å²) in [6.45, 7) is 1.45. The van der Waals surface area contributed by atoms with Gasteiger partial charge in [0.2, 0.25) is 6.79 Å². The van der Waals surface area contributed by atoms with Crippen LogP contribution in [0.2, 0.25) is 0 Å². The lowest BCUT2D eigenvalue weighted by Crippen LogP contribution is -2.35. The number of aromatic amines is 1. The monoisotopic (exact) mass is 436 g/mol. The number of H-pyrrole nitrogens is 1. The number of fused-ring (bicyclic) bond motifs is 2. The van der Waals surface area contributed by atoms with Crippen molar-refractivity contribution in [3.05, 3.63) is 39.9 Å². The molecular weight excluding hydrogens is 408 g/mol. The zero-order valence-corrected chi connectivity index (χ0v) is 18.1. The largest absolute Gasteiger partial charge is 0.454 e. The molecule has 168 valence electrons. The summed E-state index contributed by atoms with van der Waals surface area (Å²) in [5.41, 5.74) is 1.46. The fourth-order valence-corrected chi connectivity index (χ4v) is 5.49. The molecular formula is C23H28N6O3. The van der Waals surface area contributed by atoms with Crippen molar-refractivity contribution in [3.8, 4) is 11.5 Å². The van der Waals surface area contributed by atoms with Crippen molar-refractivity contribution in [2.45, 2.75) is 76.5 Å². The van der Waals surface area contributed by atoms with E-state index in [-0.39, 0.29) is 12.4 Å². The van der Waals surface area contributed by atoms with E-state index in [0.29, 0.717) is 30.9 Å². The fraction of sp³-hybridized carbons (Fsp3) is 0.565. The number of hydrogen-bond donors (Lipinski definition) is 1. The second kappa shape index (κ2) is 8.20. The minimum atomic E-state index is -0.0604. The van der Waals surface area contributed by atoms with E-state index in [0.717, 1.165) is 53.7 Å². The molecule has 2 aliphatic carbocycles. The number of aromatic nitrogens is 5. The second-order valence-corrected chi connectivity index (χ2v) is 9.24. The van der Waals surface area contributed by atoms with Crippen LogP contribution in [0, 0.1) is 0 Å². The highest BCUT2D eigenvalue weighted by atomic mass is 16.7. The van der Waals surface area contributed by atoms with E-state index in [1.165, 1.54) is 25.7 Å². The summed E-state index contributed by atoms with van der Waals surface area (Å²) in [6, 6.07) is 6.61. The molecule has 0 unspecified atom stereocenters. The van der Waals surface area contributed by atoms with Crippen LogP contribution in [-0.4, -0.2) is 42.9 Å². The van der Waals surface area contributed by atoms with Gasteiger partial charge in [-0.1, -0.05) is 25.7 Å². The van der Waals surface area contributed by atoms with Crippen molar-refractivity contribution in [1.29, 1.82) is 0 Å². The Balaban J connectivity index is 1.31. The van der Waals surface area contributed by atoms with Crippen LogP contribution in [0.15, 0.2) is 23.0 Å². The first kappa shape index (κ1) is 19.7. The van der Waals surface area contributed by atoms with Crippen LogP contribution < -0.4 is 15.0 Å². The molecule has 3 heterocycles. The molecule has 2 saturated carbocycles. The van der Waals surface area contributed by atoms with Crippen LogP contribution >= 0.6 is 0 Å². The predicted molar refractivity (Wildman–Crippen MR) is 118 cm³/mol. The van der Waals surface area contributed by atoms with E-state index in [1.54, 1.807) is 0 Å². The Kier molecular flexibility index (Phi) is 5.05. The van der Waals surface area contributed by atoms with Gasteiger partial charge in [0.15, 0.2) is 17.3 Å². The third-order valence-corrected chi connectivity index (χ3v) is 7.20. The predicted octanol–water partition coefficient (Wildman–Crippen LogP) is 3.30. The van der Waals surface area contributed by atoms with Gasteiger partial charge >= 0.3 is 0 Å². The summed E-state index contributed by atoms with van der Waals surface area (Å²) in [6.07, 6.45) is 9.51. The maximum absolute atomic E-state index is 13.0. The molecule has 2 fully saturated rings. The van der Waals surface area contributed by atoms with Gasteiger partial charge in [0.25, 0.3) is 5.56 Å². The molecule has 3 aliphatic rings. The Bertz CT molecular complexity index is 1180. The van der Waals surface area contributed by atoms with Crippen LogP contribution in [0.4, 0.5) is 0 Å². The Morgan fingerprint density at radius 3 is 2.56 bits per heavy atom. The van der Waals surface area contributed by atoms with Gasteiger partial charge in [-0.05, 0) is 48.2 Å². The lowest BCUT2D eigenvalue weighted by molar-refractivity contribution is 0.170. The number of nitrogens with one attached hydrogen (secondary N) is 1. The maximum atomic E-state index is 13.0. The molecule has 0 saturated heterocycles. The molecule has 9 nitrogen and oxygen atoms in total. The highest BCUT2D eigenvalue weighted by Gasteiger charge is 2.28. The maximum Gasteiger partial charge on any atom is 0.252 e. The lowest BCUT2D eigenvalue weighted by atomic mass is 10.1. The summed E-state index contributed by atoms with van der Waals surface area (Å²) >= 11 is 0. The molecule has 6 rings (SSSR count). The van der Waals surface area contributed by atoms with Crippen molar-refractivity contribution >= 4 is 10.9 Å². The van der Waals surface area contributed by atoms with E-state index < -0.39 is 0 Å². The van der Waals surface area contributed by atoms with Crippen molar-refractivity contribution < 1.29 is 9.47 Å². The summed E-state index contributed by atoms with van der Waals surface area (Å²) in [5, 5.41) is 13.6. The van der Waals surface area contributed by atoms with Crippen LogP contribution in [-0.2, 0) is 13.1 Å². The number of hydrogen-bond acceptors (Lipinski definition) is 7. The Morgan fingerprint density at radius 2 is 1.75 bits per heavy atom. The number of rotatable bonds is 6. The minimum Gasteiger partial charge on any atom is -0.454 e. The van der Waals surface area contributed by atoms with E-state index in [1.807, 2.05) is 22.9 Å². The number of benzene rings is 1. The molecule has 1 N–H and O–H groups in total. The average Bonchev–Trinajstić information content (AvgIpc) is 3.59.